The summed E-state index contributed by atoms with van der Waals surface area (Å²) in [5, 5.41) is 11.5. The third kappa shape index (κ3) is 2.94. The third-order valence-electron chi connectivity index (χ3n) is 2.03. The molecule has 0 aliphatic carbocycles. The van der Waals surface area contributed by atoms with E-state index in [2.05, 4.69) is 26.2 Å². The van der Waals surface area contributed by atoms with E-state index in [-0.39, 0.29) is 15.9 Å². The number of aliphatic carboxylic acids is 1. The lowest BCUT2D eigenvalue weighted by Crippen LogP contribution is -2.49. The number of nitrogens with one attached hydrogen (secondary N) is 2. The minimum atomic E-state index is -1.39. The number of carbonyl (C=O) groups excluding carboxylic acids is 1. The molecule has 1 rings (SSSR count). The van der Waals surface area contributed by atoms with E-state index in [1.54, 1.807) is 0 Å². The number of halogens is 3. The maximum Gasteiger partial charge on any atom is 0.328 e. The molecule has 3 N–H and O–H groups in total. The van der Waals surface area contributed by atoms with Crippen LogP contribution < -0.4 is 5.32 Å². The van der Waals surface area contributed by atoms with Crippen LogP contribution >= 0.6 is 39.1 Å². The van der Waals surface area contributed by atoms with Gasteiger partial charge >= 0.3 is 5.97 Å². The molecule has 0 bridgehead atoms. The van der Waals surface area contributed by atoms with Crippen molar-refractivity contribution >= 4 is 51.0 Å². The zero-order valence-corrected chi connectivity index (χ0v) is 12.0. The lowest BCUT2D eigenvalue weighted by Gasteiger charge is -2.20. The summed E-state index contributed by atoms with van der Waals surface area (Å²) in [5.41, 5.74) is -1.31. The normalized spacial score (nSPS) is 11.4. The van der Waals surface area contributed by atoms with Crippen LogP contribution in [0, 0.1) is 0 Å². The monoisotopic (exact) mass is 342 g/mol. The fraction of sp³-hybridized carbons (Fsp3) is 0.333. The maximum atomic E-state index is 11.8. The van der Waals surface area contributed by atoms with Crippen molar-refractivity contribution in [1.82, 2.24) is 10.3 Å². The molecule has 1 amide bonds. The Hall–Kier alpha value is -0.720. The van der Waals surface area contributed by atoms with Gasteiger partial charge in [-0.3, -0.25) is 4.79 Å². The number of hydrogen-bond donors (Lipinski definition) is 3. The minimum absolute atomic E-state index is 0.0781. The van der Waals surface area contributed by atoms with Crippen LogP contribution in [0.5, 0.6) is 0 Å². The highest BCUT2D eigenvalue weighted by Gasteiger charge is 2.31. The standard InChI is InChI=1S/C9H9BrCl2N2O3/c1-9(2,8(16)17)14-7(15)5-3(10)4(11)6(12)13-5/h13H,1-2H3,(H,14,15)(H,16,17). The van der Waals surface area contributed by atoms with Crippen molar-refractivity contribution in [2.45, 2.75) is 19.4 Å². The number of carboxylic acids is 1. The van der Waals surface area contributed by atoms with Crippen molar-refractivity contribution < 1.29 is 14.7 Å². The topological polar surface area (TPSA) is 82.2 Å². The molecular formula is C9H9BrCl2N2O3. The lowest BCUT2D eigenvalue weighted by atomic mass is 10.1. The highest BCUT2D eigenvalue weighted by Crippen LogP contribution is 2.33. The van der Waals surface area contributed by atoms with Gasteiger partial charge in [0, 0.05) is 0 Å². The Morgan fingerprint density at radius 1 is 1.41 bits per heavy atom. The molecule has 1 heterocycles. The van der Waals surface area contributed by atoms with Gasteiger partial charge in [0.25, 0.3) is 5.91 Å². The van der Waals surface area contributed by atoms with Crippen molar-refractivity contribution in [3.63, 3.8) is 0 Å². The van der Waals surface area contributed by atoms with Gasteiger partial charge in [-0.15, -0.1) is 0 Å². The molecule has 0 aliphatic rings. The highest BCUT2D eigenvalue weighted by molar-refractivity contribution is 9.10. The van der Waals surface area contributed by atoms with Gasteiger partial charge in [0.15, 0.2) is 0 Å². The van der Waals surface area contributed by atoms with Crippen molar-refractivity contribution in [3.05, 3.63) is 20.3 Å². The number of amides is 1. The molecule has 5 nitrogen and oxygen atoms in total. The van der Waals surface area contributed by atoms with Gasteiger partial charge < -0.3 is 15.4 Å². The molecule has 0 atom stereocenters. The van der Waals surface area contributed by atoms with Crippen molar-refractivity contribution in [3.8, 4) is 0 Å². The number of carboxylic acid groups (broad SMARTS) is 1. The van der Waals surface area contributed by atoms with E-state index >= 15 is 0 Å². The van der Waals surface area contributed by atoms with Crippen LogP contribution in [0.2, 0.25) is 10.2 Å². The van der Waals surface area contributed by atoms with Crippen LogP contribution in [0.15, 0.2) is 4.47 Å². The van der Waals surface area contributed by atoms with E-state index in [9.17, 15) is 9.59 Å². The first-order chi connectivity index (χ1) is 7.66. The molecule has 0 unspecified atom stereocenters. The Morgan fingerprint density at radius 2 is 1.94 bits per heavy atom. The van der Waals surface area contributed by atoms with Crippen molar-refractivity contribution in [1.29, 1.82) is 0 Å². The molecule has 0 saturated heterocycles. The average molecular weight is 344 g/mol. The number of rotatable bonds is 3. The zero-order chi connectivity index (χ0) is 13.4. The van der Waals surface area contributed by atoms with Gasteiger partial charge in [0.2, 0.25) is 0 Å². The molecule has 0 radical (unpaired) electrons. The van der Waals surface area contributed by atoms with Gasteiger partial charge in [0.05, 0.1) is 9.50 Å². The number of H-pyrrole nitrogens is 1. The molecule has 17 heavy (non-hydrogen) atoms. The smallest absolute Gasteiger partial charge is 0.328 e. The summed E-state index contributed by atoms with van der Waals surface area (Å²) in [4.78, 5) is 25.2. The molecule has 94 valence electrons. The Kier molecular flexibility index (Phi) is 4.11. The molecule has 0 aliphatic heterocycles. The SMILES string of the molecule is CC(C)(NC(=O)c1[nH]c(Cl)c(Cl)c1Br)C(=O)O. The second-order valence-corrected chi connectivity index (χ2v) is 5.38. The summed E-state index contributed by atoms with van der Waals surface area (Å²) in [5.74, 6) is -1.76. The van der Waals surface area contributed by atoms with Crippen LogP contribution in [-0.4, -0.2) is 27.5 Å². The Labute approximate surface area is 116 Å². The molecule has 0 saturated carbocycles. The predicted molar refractivity (Wildman–Crippen MR) is 67.7 cm³/mol. The molecule has 8 heteroatoms. The fourth-order valence-electron chi connectivity index (χ4n) is 0.982. The first kappa shape index (κ1) is 14.3. The predicted octanol–water partition coefficient (Wildman–Crippen LogP) is 2.68. The summed E-state index contributed by atoms with van der Waals surface area (Å²) in [6.45, 7) is 2.74. The number of hydrogen-bond acceptors (Lipinski definition) is 2. The second kappa shape index (κ2) is 4.88. The summed E-state index contributed by atoms with van der Waals surface area (Å²) in [6, 6.07) is 0. The number of carbonyl (C=O) groups is 2. The summed E-state index contributed by atoms with van der Waals surface area (Å²) < 4.78 is 0.294. The quantitative estimate of drug-likeness (QED) is 0.789. The molecule has 0 fully saturated rings. The van der Waals surface area contributed by atoms with Crippen LogP contribution in [0.1, 0.15) is 24.3 Å². The van der Waals surface area contributed by atoms with Gasteiger partial charge in [-0.2, -0.15) is 0 Å². The number of aromatic nitrogens is 1. The summed E-state index contributed by atoms with van der Waals surface area (Å²) in [6.07, 6.45) is 0. The van der Waals surface area contributed by atoms with Crippen LogP contribution in [-0.2, 0) is 4.79 Å². The zero-order valence-electron chi connectivity index (χ0n) is 8.90. The van der Waals surface area contributed by atoms with E-state index in [0.29, 0.717) is 4.47 Å². The number of aromatic amines is 1. The van der Waals surface area contributed by atoms with E-state index in [4.69, 9.17) is 28.3 Å². The van der Waals surface area contributed by atoms with Gasteiger partial charge in [0.1, 0.15) is 16.4 Å². The van der Waals surface area contributed by atoms with Crippen molar-refractivity contribution in [2.75, 3.05) is 0 Å². The Bertz CT molecular complexity index is 485. The highest BCUT2D eigenvalue weighted by atomic mass is 79.9. The first-order valence-corrected chi connectivity index (χ1v) is 6.00. The van der Waals surface area contributed by atoms with E-state index in [1.165, 1.54) is 13.8 Å². The van der Waals surface area contributed by atoms with E-state index in [0.717, 1.165) is 0 Å². The van der Waals surface area contributed by atoms with Crippen LogP contribution in [0.25, 0.3) is 0 Å². The van der Waals surface area contributed by atoms with Gasteiger partial charge in [-0.25, -0.2) is 4.79 Å². The van der Waals surface area contributed by atoms with Gasteiger partial charge in [-0.05, 0) is 29.8 Å². The van der Waals surface area contributed by atoms with Gasteiger partial charge in [-0.1, -0.05) is 23.2 Å². The maximum absolute atomic E-state index is 11.8. The van der Waals surface area contributed by atoms with Crippen molar-refractivity contribution in [2.24, 2.45) is 0 Å². The first-order valence-electron chi connectivity index (χ1n) is 4.45. The summed E-state index contributed by atoms with van der Waals surface area (Å²) in [7, 11) is 0. The third-order valence-corrected chi connectivity index (χ3v) is 3.81. The molecule has 1 aromatic rings. The minimum Gasteiger partial charge on any atom is -0.480 e. The Morgan fingerprint density at radius 3 is 2.29 bits per heavy atom. The lowest BCUT2D eigenvalue weighted by molar-refractivity contribution is -0.143. The largest absolute Gasteiger partial charge is 0.480 e. The van der Waals surface area contributed by atoms with E-state index in [1.807, 2.05) is 0 Å². The second-order valence-electron chi connectivity index (χ2n) is 3.83. The molecule has 0 spiro atoms. The molecule has 0 aromatic carbocycles. The van der Waals surface area contributed by atoms with Crippen LogP contribution in [0.3, 0.4) is 0 Å². The van der Waals surface area contributed by atoms with E-state index < -0.39 is 17.4 Å². The molecule has 1 aromatic heterocycles. The van der Waals surface area contributed by atoms with Crippen LogP contribution in [0.4, 0.5) is 0 Å². The summed E-state index contributed by atoms with van der Waals surface area (Å²) >= 11 is 14.6. The fourth-order valence-corrected chi connectivity index (χ4v) is 1.90. The average Bonchev–Trinajstić information content (AvgIpc) is 2.45. The Balaban J connectivity index is 2.99. The molecular weight excluding hydrogens is 335 g/mol.